The van der Waals surface area contributed by atoms with Crippen molar-refractivity contribution < 1.29 is 4.79 Å². The van der Waals surface area contributed by atoms with Crippen molar-refractivity contribution in [3.63, 3.8) is 0 Å². The predicted octanol–water partition coefficient (Wildman–Crippen LogP) is 1.24. The van der Waals surface area contributed by atoms with Crippen molar-refractivity contribution in [1.29, 1.82) is 0 Å². The molecule has 2 fully saturated rings. The van der Waals surface area contributed by atoms with E-state index in [1.807, 2.05) is 0 Å². The van der Waals surface area contributed by atoms with E-state index < -0.39 is 0 Å². The van der Waals surface area contributed by atoms with Gasteiger partial charge in [0.1, 0.15) is 0 Å². The van der Waals surface area contributed by atoms with Gasteiger partial charge in [-0.15, -0.1) is 0 Å². The molecule has 0 aromatic rings. The lowest BCUT2D eigenvalue weighted by Gasteiger charge is -2.35. The van der Waals surface area contributed by atoms with E-state index in [4.69, 9.17) is 0 Å². The average molecular weight is 210 g/mol. The summed E-state index contributed by atoms with van der Waals surface area (Å²) < 4.78 is 0. The van der Waals surface area contributed by atoms with Crippen LogP contribution in [0.15, 0.2) is 0 Å². The van der Waals surface area contributed by atoms with Gasteiger partial charge in [-0.05, 0) is 31.2 Å². The first-order valence-electron chi connectivity index (χ1n) is 6.18. The summed E-state index contributed by atoms with van der Waals surface area (Å²) in [6.07, 6.45) is 3.20. The number of carbonyl (C=O) groups excluding carboxylic acids is 1. The molecule has 2 rings (SSSR count). The van der Waals surface area contributed by atoms with Crippen molar-refractivity contribution in [2.45, 2.75) is 39.2 Å². The molecule has 0 aromatic carbocycles. The summed E-state index contributed by atoms with van der Waals surface area (Å²) in [5, 5.41) is 3.50. The lowest BCUT2D eigenvalue weighted by atomic mass is 9.92. The topological polar surface area (TPSA) is 32.3 Å². The highest BCUT2D eigenvalue weighted by atomic mass is 16.2. The van der Waals surface area contributed by atoms with Crippen LogP contribution in [0.5, 0.6) is 0 Å². The molecule has 2 saturated heterocycles. The molecule has 2 aliphatic heterocycles. The number of nitrogens with zero attached hydrogens (tertiary/aromatic N) is 1. The summed E-state index contributed by atoms with van der Waals surface area (Å²) in [6.45, 7) is 7.28. The van der Waals surface area contributed by atoms with Gasteiger partial charge >= 0.3 is 0 Å². The Morgan fingerprint density at radius 3 is 3.00 bits per heavy atom. The minimum Gasteiger partial charge on any atom is -0.341 e. The van der Waals surface area contributed by atoms with E-state index in [0.717, 1.165) is 25.6 Å². The zero-order valence-electron chi connectivity index (χ0n) is 9.83. The molecule has 0 saturated carbocycles. The maximum Gasteiger partial charge on any atom is 0.222 e. The molecule has 0 spiro atoms. The Morgan fingerprint density at radius 2 is 2.27 bits per heavy atom. The minimum absolute atomic E-state index is 0.345. The van der Waals surface area contributed by atoms with Crippen molar-refractivity contribution in [3.8, 4) is 0 Å². The second-order valence-corrected chi connectivity index (χ2v) is 5.34. The Labute approximate surface area is 92.2 Å². The number of likely N-dealkylation sites (tertiary alicyclic amines) is 1. The van der Waals surface area contributed by atoms with Crippen LogP contribution in [0, 0.1) is 11.8 Å². The Morgan fingerprint density at radius 1 is 1.47 bits per heavy atom. The molecule has 2 aliphatic rings. The molecular formula is C12H22N2O. The fourth-order valence-corrected chi connectivity index (χ4v) is 2.74. The van der Waals surface area contributed by atoms with E-state index in [-0.39, 0.29) is 0 Å². The maximum atomic E-state index is 11.9. The lowest BCUT2D eigenvalue weighted by Crippen LogP contribution is -2.48. The quantitative estimate of drug-likeness (QED) is 0.744. The Bertz CT molecular complexity index is 240. The van der Waals surface area contributed by atoms with E-state index in [0.29, 0.717) is 24.3 Å². The maximum absolute atomic E-state index is 11.9. The molecule has 3 nitrogen and oxygen atoms in total. The molecule has 1 amide bonds. The van der Waals surface area contributed by atoms with Gasteiger partial charge in [-0.2, -0.15) is 0 Å². The van der Waals surface area contributed by atoms with Crippen molar-refractivity contribution in [1.82, 2.24) is 10.2 Å². The monoisotopic (exact) mass is 210 g/mol. The Hall–Kier alpha value is -0.570. The van der Waals surface area contributed by atoms with Crippen LogP contribution in [0.1, 0.15) is 33.1 Å². The van der Waals surface area contributed by atoms with E-state index in [2.05, 4.69) is 24.1 Å². The van der Waals surface area contributed by atoms with Gasteiger partial charge in [0.15, 0.2) is 0 Å². The van der Waals surface area contributed by atoms with Crippen LogP contribution in [0.3, 0.4) is 0 Å². The Kier molecular flexibility index (Phi) is 3.29. The van der Waals surface area contributed by atoms with E-state index in [1.165, 1.54) is 12.8 Å². The summed E-state index contributed by atoms with van der Waals surface area (Å²) in [5.74, 6) is 1.65. The van der Waals surface area contributed by atoms with Gasteiger partial charge in [0.25, 0.3) is 0 Å². The summed E-state index contributed by atoms with van der Waals surface area (Å²) >= 11 is 0. The summed E-state index contributed by atoms with van der Waals surface area (Å²) in [7, 11) is 0. The molecular weight excluding hydrogens is 188 g/mol. The first kappa shape index (κ1) is 10.9. The SMILES string of the molecule is CC(C)CC(=O)N1CC[C@@H]2CCN[C@@H]2C1. The summed E-state index contributed by atoms with van der Waals surface area (Å²) in [4.78, 5) is 14.0. The molecule has 3 heteroatoms. The van der Waals surface area contributed by atoms with Crippen LogP contribution >= 0.6 is 0 Å². The molecule has 2 heterocycles. The third kappa shape index (κ3) is 2.51. The molecule has 0 unspecified atom stereocenters. The highest BCUT2D eigenvalue weighted by molar-refractivity contribution is 5.76. The fraction of sp³-hybridized carbons (Fsp3) is 0.917. The van der Waals surface area contributed by atoms with Crippen molar-refractivity contribution in [2.75, 3.05) is 19.6 Å². The molecule has 15 heavy (non-hydrogen) atoms. The van der Waals surface area contributed by atoms with Crippen molar-refractivity contribution >= 4 is 5.91 Å². The first-order valence-corrected chi connectivity index (χ1v) is 6.18. The van der Waals surface area contributed by atoms with Crippen LogP contribution in [-0.2, 0) is 4.79 Å². The highest BCUT2D eigenvalue weighted by Gasteiger charge is 2.34. The molecule has 0 radical (unpaired) electrons. The zero-order valence-corrected chi connectivity index (χ0v) is 9.83. The molecule has 0 bridgehead atoms. The predicted molar refractivity (Wildman–Crippen MR) is 60.5 cm³/mol. The number of carbonyl (C=O) groups is 1. The number of nitrogens with one attached hydrogen (secondary N) is 1. The van der Waals surface area contributed by atoms with Gasteiger partial charge in [0.05, 0.1) is 0 Å². The molecule has 0 aliphatic carbocycles. The number of fused-ring (bicyclic) bond motifs is 1. The average Bonchev–Trinajstić information content (AvgIpc) is 2.62. The largest absolute Gasteiger partial charge is 0.341 e. The highest BCUT2D eigenvalue weighted by Crippen LogP contribution is 2.25. The van der Waals surface area contributed by atoms with Crippen molar-refractivity contribution in [3.05, 3.63) is 0 Å². The van der Waals surface area contributed by atoms with Crippen LogP contribution < -0.4 is 5.32 Å². The van der Waals surface area contributed by atoms with E-state index in [9.17, 15) is 4.79 Å². The normalized spacial score (nSPS) is 30.7. The number of rotatable bonds is 2. The van der Waals surface area contributed by atoms with Gasteiger partial charge in [0, 0.05) is 25.6 Å². The number of hydrogen-bond donors (Lipinski definition) is 1. The fourth-order valence-electron chi connectivity index (χ4n) is 2.74. The van der Waals surface area contributed by atoms with Crippen LogP contribution in [-0.4, -0.2) is 36.5 Å². The number of amides is 1. The lowest BCUT2D eigenvalue weighted by molar-refractivity contribution is -0.133. The second kappa shape index (κ2) is 4.52. The smallest absolute Gasteiger partial charge is 0.222 e. The minimum atomic E-state index is 0.345. The van der Waals surface area contributed by atoms with Gasteiger partial charge in [-0.3, -0.25) is 4.79 Å². The number of piperidine rings is 1. The van der Waals surface area contributed by atoms with Gasteiger partial charge < -0.3 is 10.2 Å². The van der Waals surface area contributed by atoms with E-state index in [1.54, 1.807) is 0 Å². The van der Waals surface area contributed by atoms with E-state index >= 15 is 0 Å². The third-order valence-corrected chi connectivity index (χ3v) is 3.61. The zero-order chi connectivity index (χ0) is 10.8. The van der Waals surface area contributed by atoms with Crippen LogP contribution in [0.4, 0.5) is 0 Å². The van der Waals surface area contributed by atoms with Crippen LogP contribution in [0.2, 0.25) is 0 Å². The standard InChI is InChI=1S/C12H22N2O/c1-9(2)7-12(15)14-6-4-10-3-5-13-11(10)8-14/h9-11,13H,3-8H2,1-2H3/t10-,11+/m0/s1. The van der Waals surface area contributed by atoms with Gasteiger partial charge in [-0.25, -0.2) is 0 Å². The summed E-state index contributed by atoms with van der Waals surface area (Å²) in [5.41, 5.74) is 0. The number of hydrogen-bond acceptors (Lipinski definition) is 2. The first-order chi connectivity index (χ1) is 7.16. The summed E-state index contributed by atoms with van der Waals surface area (Å²) in [6, 6.07) is 0.579. The molecule has 86 valence electrons. The second-order valence-electron chi connectivity index (χ2n) is 5.34. The van der Waals surface area contributed by atoms with Crippen molar-refractivity contribution in [2.24, 2.45) is 11.8 Å². The molecule has 1 N–H and O–H groups in total. The van der Waals surface area contributed by atoms with Gasteiger partial charge in [0.2, 0.25) is 5.91 Å². The van der Waals surface area contributed by atoms with Gasteiger partial charge in [-0.1, -0.05) is 13.8 Å². The Balaban J connectivity index is 1.86. The third-order valence-electron chi connectivity index (χ3n) is 3.61. The molecule has 2 atom stereocenters. The molecule has 0 aromatic heterocycles. The van der Waals surface area contributed by atoms with Crippen LogP contribution in [0.25, 0.3) is 0 Å².